The van der Waals surface area contributed by atoms with Crippen molar-refractivity contribution in [2.75, 3.05) is 0 Å². The Bertz CT molecular complexity index is 955. The van der Waals surface area contributed by atoms with Crippen molar-refractivity contribution in [2.24, 2.45) is 0 Å². The molecule has 0 saturated carbocycles. The average Bonchev–Trinajstić information content (AvgIpc) is 3.21. The van der Waals surface area contributed by atoms with E-state index in [0.29, 0.717) is 4.34 Å². The third kappa shape index (κ3) is 4.41. The number of halogens is 1. The van der Waals surface area contributed by atoms with Gasteiger partial charge < -0.3 is 5.11 Å². The van der Waals surface area contributed by atoms with Crippen molar-refractivity contribution in [3.8, 4) is 21.1 Å². The van der Waals surface area contributed by atoms with Gasteiger partial charge in [0.1, 0.15) is 5.01 Å². The molecule has 3 rings (SSSR count). The Hall–Kier alpha value is -1.95. The van der Waals surface area contributed by atoms with Crippen molar-refractivity contribution in [2.45, 2.75) is 26.7 Å². The normalized spacial score (nSPS) is 11.7. The average molecular weight is 404 g/mol. The number of aliphatic carboxylic acids is 1. The van der Waals surface area contributed by atoms with Crippen LogP contribution in [0.15, 0.2) is 48.0 Å². The predicted octanol–water partition coefficient (Wildman–Crippen LogP) is 6.33. The summed E-state index contributed by atoms with van der Waals surface area (Å²) >= 11 is 8.88. The van der Waals surface area contributed by atoms with Crippen LogP contribution < -0.4 is 0 Å². The molecule has 1 N–H and O–H groups in total. The largest absolute Gasteiger partial charge is 0.481 e. The van der Waals surface area contributed by atoms with Crippen molar-refractivity contribution in [1.82, 2.24) is 4.98 Å². The third-order valence-corrected chi connectivity index (χ3v) is 6.33. The predicted molar refractivity (Wildman–Crippen MR) is 110 cm³/mol. The summed E-state index contributed by atoms with van der Waals surface area (Å²) in [6.07, 6.45) is 3.00. The summed E-state index contributed by atoms with van der Waals surface area (Å²) in [5, 5.41) is 10.0. The van der Waals surface area contributed by atoms with E-state index in [1.165, 1.54) is 33.8 Å². The lowest BCUT2D eigenvalue weighted by Crippen LogP contribution is -1.98. The van der Waals surface area contributed by atoms with Crippen LogP contribution in [0, 0.1) is 0 Å². The molecule has 6 heteroatoms. The maximum atomic E-state index is 11.2. The minimum absolute atomic E-state index is 0.0406. The van der Waals surface area contributed by atoms with E-state index < -0.39 is 5.97 Å². The summed E-state index contributed by atoms with van der Waals surface area (Å²) in [5.41, 5.74) is 4.29. The van der Waals surface area contributed by atoms with Crippen LogP contribution in [-0.2, 0) is 17.6 Å². The number of benzene rings is 1. The summed E-state index contributed by atoms with van der Waals surface area (Å²) in [4.78, 5) is 17.6. The van der Waals surface area contributed by atoms with Crippen LogP contribution in [-0.4, -0.2) is 16.1 Å². The van der Waals surface area contributed by atoms with Crippen LogP contribution >= 0.6 is 34.3 Å². The third-order valence-electron chi connectivity index (χ3n) is 3.99. The van der Waals surface area contributed by atoms with Gasteiger partial charge in [0.25, 0.3) is 0 Å². The molecule has 2 aromatic heterocycles. The Labute approximate surface area is 165 Å². The minimum atomic E-state index is -0.860. The maximum Gasteiger partial charge on any atom is 0.308 e. The second-order valence-electron chi connectivity index (χ2n) is 5.97. The smallest absolute Gasteiger partial charge is 0.308 e. The second-order valence-corrected chi connectivity index (χ2v) is 8.77. The van der Waals surface area contributed by atoms with Gasteiger partial charge in [-0.2, -0.15) is 0 Å². The molecule has 26 heavy (non-hydrogen) atoms. The topological polar surface area (TPSA) is 50.2 Å². The van der Waals surface area contributed by atoms with E-state index in [2.05, 4.69) is 25.1 Å². The molecule has 0 aliphatic rings. The lowest BCUT2D eigenvalue weighted by Gasteiger charge is -2.02. The molecule has 3 nitrogen and oxygen atoms in total. The number of hydrogen-bond donors (Lipinski definition) is 1. The van der Waals surface area contributed by atoms with Gasteiger partial charge in [-0.15, -0.1) is 22.7 Å². The molecular formula is C20H18ClNO2S2. The van der Waals surface area contributed by atoms with E-state index in [1.807, 2.05) is 31.2 Å². The van der Waals surface area contributed by atoms with Gasteiger partial charge in [0, 0.05) is 10.4 Å². The Balaban J connectivity index is 1.95. The molecule has 0 fully saturated rings. The molecule has 0 aliphatic carbocycles. The number of nitrogens with zero attached hydrogens (tertiary/aromatic N) is 1. The van der Waals surface area contributed by atoms with E-state index in [0.717, 1.165) is 32.4 Å². The number of hydrogen-bond acceptors (Lipinski definition) is 4. The summed E-state index contributed by atoms with van der Waals surface area (Å²) in [6.45, 7) is 4.16. The van der Waals surface area contributed by atoms with E-state index in [4.69, 9.17) is 16.6 Å². The molecule has 0 atom stereocenters. The Kier molecular flexibility index (Phi) is 5.91. The number of allylic oxidation sites excluding steroid dienone is 2. The number of thiophene rings is 1. The first-order chi connectivity index (χ1) is 12.5. The Morgan fingerprint density at radius 2 is 1.88 bits per heavy atom. The summed E-state index contributed by atoms with van der Waals surface area (Å²) < 4.78 is 0.666. The van der Waals surface area contributed by atoms with E-state index in [1.54, 1.807) is 0 Å². The van der Waals surface area contributed by atoms with E-state index in [9.17, 15) is 9.90 Å². The lowest BCUT2D eigenvalue weighted by atomic mass is 10.0. The number of carboxylic acid groups (broad SMARTS) is 1. The fourth-order valence-corrected chi connectivity index (χ4v) is 4.75. The standard InChI is InChI=1S/C20H18ClNO2S2/c1-3-12(2)10-13-4-6-14(7-5-13)20-22-19(15-8-9-17(21)25-15)16(26-20)11-18(23)24/h3-9H,10-11H2,1-2H3,(H,23,24)/b12-3+. The molecule has 0 aliphatic heterocycles. The zero-order chi connectivity index (χ0) is 18.7. The van der Waals surface area contributed by atoms with Crippen LogP contribution in [0.25, 0.3) is 21.1 Å². The summed E-state index contributed by atoms with van der Waals surface area (Å²) in [6, 6.07) is 12.0. The van der Waals surface area contributed by atoms with Gasteiger partial charge in [-0.25, -0.2) is 4.98 Å². The Morgan fingerprint density at radius 1 is 1.15 bits per heavy atom. The van der Waals surface area contributed by atoms with Gasteiger partial charge in [-0.1, -0.05) is 47.5 Å². The van der Waals surface area contributed by atoms with E-state index in [-0.39, 0.29) is 6.42 Å². The molecule has 0 unspecified atom stereocenters. The molecule has 1 aromatic carbocycles. The highest BCUT2D eigenvalue weighted by Gasteiger charge is 2.18. The monoisotopic (exact) mass is 403 g/mol. The number of carboxylic acids is 1. The van der Waals surface area contributed by atoms with Crippen LogP contribution in [0.2, 0.25) is 4.34 Å². The second kappa shape index (κ2) is 8.16. The highest BCUT2D eigenvalue weighted by Crippen LogP contribution is 2.38. The number of aromatic nitrogens is 1. The van der Waals surface area contributed by atoms with Crippen LogP contribution in [0.3, 0.4) is 0 Å². The quantitative estimate of drug-likeness (QED) is 0.489. The first kappa shape index (κ1) is 18.8. The maximum absolute atomic E-state index is 11.2. The summed E-state index contributed by atoms with van der Waals surface area (Å²) in [5.74, 6) is -0.860. The van der Waals surface area contributed by atoms with Crippen molar-refractivity contribution < 1.29 is 9.90 Å². The van der Waals surface area contributed by atoms with Crippen molar-refractivity contribution in [3.05, 3.63) is 62.8 Å². The van der Waals surface area contributed by atoms with Gasteiger partial charge >= 0.3 is 5.97 Å². The molecule has 2 heterocycles. The SMILES string of the molecule is C/C=C(\C)Cc1ccc(-c2nc(-c3ccc(Cl)s3)c(CC(=O)O)s2)cc1. The first-order valence-electron chi connectivity index (χ1n) is 8.14. The van der Waals surface area contributed by atoms with Gasteiger partial charge in [0.2, 0.25) is 0 Å². The summed E-state index contributed by atoms with van der Waals surface area (Å²) in [7, 11) is 0. The van der Waals surface area contributed by atoms with Crippen LogP contribution in [0.5, 0.6) is 0 Å². The van der Waals surface area contributed by atoms with Gasteiger partial charge in [0.05, 0.1) is 21.3 Å². The molecule has 0 bridgehead atoms. The molecule has 0 spiro atoms. The lowest BCUT2D eigenvalue weighted by molar-refractivity contribution is -0.136. The van der Waals surface area contributed by atoms with Gasteiger partial charge in [-0.3, -0.25) is 4.79 Å². The fourth-order valence-electron chi connectivity index (χ4n) is 2.56. The van der Waals surface area contributed by atoms with Gasteiger partial charge in [-0.05, 0) is 38.0 Å². The Morgan fingerprint density at radius 3 is 2.46 bits per heavy atom. The number of carbonyl (C=O) groups is 1. The van der Waals surface area contributed by atoms with Crippen molar-refractivity contribution >= 4 is 40.2 Å². The van der Waals surface area contributed by atoms with Gasteiger partial charge in [0.15, 0.2) is 0 Å². The highest BCUT2D eigenvalue weighted by atomic mass is 35.5. The molecular weight excluding hydrogens is 386 g/mol. The van der Waals surface area contributed by atoms with Crippen LogP contribution in [0.4, 0.5) is 0 Å². The highest BCUT2D eigenvalue weighted by molar-refractivity contribution is 7.20. The molecule has 0 saturated heterocycles. The molecule has 3 aromatic rings. The molecule has 0 amide bonds. The zero-order valence-electron chi connectivity index (χ0n) is 14.5. The number of thiazole rings is 1. The van der Waals surface area contributed by atoms with E-state index >= 15 is 0 Å². The zero-order valence-corrected chi connectivity index (χ0v) is 16.8. The molecule has 0 radical (unpaired) electrons. The molecule has 134 valence electrons. The van der Waals surface area contributed by atoms with Crippen molar-refractivity contribution in [1.29, 1.82) is 0 Å². The number of rotatable bonds is 6. The first-order valence-corrected chi connectivity index (χ1v) is 10.2. The fraction of sp³-hybridized carbons (Fsp3) is 0.200. The van der Waals surface area contributed by atoms with Crippen LogP contribution in [0.1, 0.15) is 24.3 Å². The minimum Gasteiger partial charge on any atom is -0.481 e. The van der Waals surface area contributed by atoms with Crippen molar-refractivity contribution in [3.63, 3.8) is 0 Å².